The number of nitrogens with one attached hydrogen (secondary N) is 1. The number of nitrogens with zero attached hydrogens (tertiary/aromatic N) is 1. The number of likely N-dealkylation sites (tertiary alicyclic amines) is 1. The van der Waals surface area contributed by atoms with E-state index < -0.39 is 0 Å². The summed E-state index contributed by atoms with van der Waals surface area (Å²) >= 11 is 0. The van der Waals surface area contributed by atoms with Gasteiger partial charge in [-0.1, -0.05) is 13.8 Å². The van der Waals surface area contributed by atoms with Gasteiger partial charge in [0.15, 0.2) is 0 Å². The molecule has 108 valence electrons. The maximum absolute atomic E-state index is 9.37. The number of rotatable bonds is 9. The summed E-state index contributed by atoms with van der Waals surface area (Å²) in [6.45, 7) is 9.46. The van der Waals surface area contributed by atoms with Crippen LogP contribution in [0.3, 0.4) is 0 Å². The van der Waals surface area contributed by atoms with Gasteiger partial charge in [0.25, 0.3) is 0 Å². The maximum Gasteiger partial charge on any atom is 0.0702 e. The average Bonchev–Trinajstić information content (AvgIpc) is 2.41. The summed E-state index contributed by atoms with van der Waals surface area (Å²) in [5, 5.41) is 12.8. The van der Waals surface area contributed by atoms with Crippen molar-refractivity contribution in [3.8, 4) is 0 Å². The summed E-state index contributed by atoms with van der Waals surface area (Å²) in [5.41, 5.74) is 0. The lowest BCUT2D eigenvalue weighted by molar-refractivity contribution is -0.00387. The molecule has 1 aliphatic rings. The predicted molar refractivity (Wildman–Crippen MR) is 74.9 cm³/mol. The SMILES string of the molecule is CCCNC(CO)CN1CCCC(OCCC)C1. The Kier molecular flexibility index (Phi) is 8.59. The molecule has 2 N–H and O–H groups in total. The van der Waals surface area contributed by atoms with Gasteiger partial charge in [-0.25, -0.2) is 0 Å². The van der Waals surface area contributed by atoms with Gasteiger partial charge in [-0.05, 0) is 38.8 Å². The molecule has 0 saturated carbocycles. The van der Waals surface area contributed by atoms with Gasteiger partial charge in [-0.2, -0.15) is 0 Å². The third-order valence-electron chi connectivity index (χ3n) is 3.40. The van der Waals surface area contributed by atoms with Gasteiger partial charge in [-0.15, -0.1) is 0 Å². The Bertz CT molecular complexity index is 202. The van der Waals surface area contributed by atoms with Crippen molar-refractivity contribution in [1.82, 2.24) is 10.2 Å². The largest absolute Gasteiger partial charge is 0.395 e. The lowest BCUT2D eigenvalue weighted by Crippen LogP contribution is -2.48. The zero-order chi connectivity index (χ0) is 13.2. The van der Waals surface area contributed by atoms with Gasteiger partial charge < -0.3 is 15.2 Å². The molecule has 0 aromatic rings. The lowest BCUT2D eigenvalue weighted by atomic mass is 10.1. The molecule has 1 heterocycles. The van der Waals surface area contributed by atoms with Crippen molar-refractivity contribution >= 4 is 0 Å². The summed E-state index contributed by atoms with van der Waals surface area (Å²) in [4.78, 5) is 2.42. The first-order valence-corrected chi connectivity index (χ1v) is 7.48. The highest BCUT2D eigenvalue weighted by atomic mass is 16.5. The summed E-state index contributed by atoms with van der Waals surface area (Å²) in [5.74, 6) is 0. The van der Waals surface area contributed by atoms with E-state index in [1.165, 1.54) is 12.8 Å². The first kappa shape index (κ1) is 15.9. The topological polar surface area (TPSA) is 44.7 Å². The molecule has 0 spiro atoms. The minimum absolute atomic E-state index is 0.204. The normalized spacial score (nSPS) is 23.2. The van der Waals surface area contributed by atoms with Gasteiger partial charge >= 0.3 is 0 Å². The predicted octanol–water partition coefficient (Wildman–Crippen LogP) is 1.24. The van der Waals surface area contributed by atoms with E-state index in [4.69, 9.17) is 4.74 Å². The van der Waals surface area contributed by atoms with Crippen LogP contribution in [0.25, 0.3) is 0 Å². The molecule has 0 amide bonds. The molecule has 2 unspecified atom stereocenters. The highest BCUT2D eigenvalue weighted by molar-refractivity contribution is 4.78. The molecule has 0 aromatic heterocycles. The van der Waals surface area contributed by atoms with E-state index in [2.05, 4.69) is 24.1 Å². The lowest BCUT2D eigenvalue weighted by Gasteiger charge is -2.34. The van der Waals surface area contributed by atoms with E-state index in [0.29, 0.717) is 6.10 Å². The number of aliphatic hydroxyl groups is 1. The van der Waals surface area contributed by atoms with Crippen LogP contribution in [0.1, 0.15) is 39.5 Å². The minimum atomic E-state index is 0.204. The Morgan fingerprint density at radius 1 is 1.39 bits per heavy atom. The molecule has 2 atom stereocenters. The quantitative estimate of drug-likeness (QED) is 0.653. The number of aliphatic hydroxyl groups excluding tert-OH is 1. The van der Waals surface area contributed by atoms with Crippen molar-refractivity contribution in [2.45, 2.75) is 51.7 Å². The second-order valence-corrected chi connectivity index (χ2v) is 5.23. The molecule has 0 aromatic carbocycles. The molecule has 1 fully saturated rings. The molecule has 0 aliphatic carbocycles. The van der Waals surface area contributed by atoms with E-state index in [1.54, 1.807) is 0 Å². The molecule has 18 heavy (non-hydrogen) atoms. The summed E-state index contributed by atoms with van der Waals surface area (Å²) in [6, 6.07) is 0.204. The highest BCUT2D eigenvalue weighted by Crippen LogP contribution is 2.13. The van der Waals surface area contributed by atoms with Gasteiger partial charge in [0.2, 0.25) is 0 Å². The molecule has 0 radical (unpaired) electrons. The van der Waals surface area contributed by atoms with Gasteiger partial charge in [0, 0.05) is 25.7 Å². The fraction of sp³-hybridized carbons (Fsp3) is 1.00. The minimum Gasteiger partial charge on any atom is -0.395 e. The van der Waals surface area contributed by atoms with E-state index in [9.17, 15) is 5.11 Å². The van der Waals surface area contributed by atoms with Gasteiger partial charge in [0.05, 0.1) is 12.7 Å². The van der Waals surface area contributed by atoms with Crippen molar-refractivity contribution in [1.29, 1.82) is 0 Å². The third-order valence-corrected chi connectivity index (χ3v) is 3.40. The van der Waals surface area contributed by atoms with Crippen LogP contribution in [0.15, 0.2) is 0 Å². The Morgan fingerprint density at radius 2 is 2.22 bits per heavy atom. The monoisotopic (exact) mass is 258 g/mol. The van der Waals surface area contributed by atoms with E-state index in [-0.39, 0.29) is 12.6 Å². The van der Waals surface area contributed by atoms with Crippen LogP contribution in [0.5, 0.6) is 0 Å². The Morgan fingerprint density at radius 3 is 2.89 bits per heavy atom. The average molecular weight is 258 g/mol. The molecule has 1 saturated heterocycles. The van der Waals surface area contributed by atoms with Crippen molar-refractivity contribution in [3.05, 3.63) is 0 Å². The first-order chi connectivity index (χ1) is 8.80. The van der Waals surface area contributed by atoms with Crippen LogP contribution in [-0.2, 0) is 4.74 Å². The first-order valence-electron chi connectivity index (χ1n) is 7.48. The van der Waals surface area contributed by atoms with Gasteiger partial charge in [-0.3, -0.25) is 4.90 Å². The van der Waals surface area contributed by atoms with E-state index in [0.717, 1.165) is 45.6 Å². The summed E-state index contributed by atoms with van der Waals surface area (Å²) < 4.78 is 5.83. The van der Waals surface area contributed by atoms with Crippen LogP contribution < -0.4 is 5.32 Å². The van der Waals surface area contributed by atoms with Crippen LogP contribution >= 0.6 is 0 Å². The molecule has 4 nitrogen and oxygen atoms in total. The standard InChI is InChI=1S/C14H30N2O2/c1-3-7-15-13(12-17)10-16-8-5-6-14(11-16)18-9-4-2/h13-15,17H,3-12H2,1-2H3. The number of piperidine rings is 1. The van der Waals surface area contributed by atoms with Crippen molar-refractivity contribution in [2.75, 3.05) is 39.4 Å². The van der Waals surface area contributed by atoms with Crippen LogP contribution in [0, 0.1) is 0 Å². The Hall–Kier alpha value is -0.160. The van der Waals surface area contributed by atoms with Crippen LogP contribution in [0.2, 0.25) is 0 Å². The zero-order valence-corrected chi connectivity index (χ0v) is 12.0. The Labute approximate surface area is 112 Å². The molecule has 0 bridgehead atoms. The summed E-state index contributed by atoms with van der Waals surface area (Å²) in [6.07, 6.45) is 4.99. The second-order valence-electron chi connectivity index (χ2n) is 5.23. The van der Waals surface area contributed by atoms with E-state index >= 15 is 0 Å². The van der Waals surface area contributed by atoms with Crippen molar-refractivity contribution in [2.24, 2.45) is 0 Å². The van der Waals surface area contributed by atoms with Crippen LogP contribution in [-0.4, -0.2) is 61.5 Å². The third kappa shape index (κ3) is 6.14. The molecule has 4 heteroatoms. The van der Waals surface area contributed by atoms with Crippen molar-refractivity contribution in [3.63, 3.8) is 0 Å². The van der Waals surface area contributed by atoms with Crippen LogP contribution in [0.4, 0.5) is 0 Å². The number of hydrogen-bond donors (Lipinski definition) is 2. The fourth-order valence-electron chi connectivity index (χ4n) is 2.45. The molecular weight excluding hydrogens is 228 g/mol. The van der Waals surface area contributed by atoms with Crippen molar-refractivity contribution < 1.29 is 9.84 Å². The zero-order valence-electron chi connectivity index (χ0n) is 12.0. The summed E-state index contributed by atoms with van der Waals surface area (Å²) in [7, 11) is 0. The molecule has 1 aliphatic heterocycles. The molecule has 1 rings (SSSR count). The Balaban J connectivity index is 2.26. The highest BCUT2D eigenvalue weighted by Gasteiger charge is 2.22. The van der Waals surface area contributed by atoms with Gasteiger partial charge in [0.1, 0.15) is 0 Å². The maximum atomic E-state index is 9.37. The number of hydrogen-bond acceptors (Lipinski definition) is 4. The second kappa shape index (κ2) is 9.73. The smallest absolute Gasteiger partial charge is 0.0702 e. The molecular formula is C14H30N2O2. The number of ether oxygens (including phenoxy) is 1. The fourth-order valence-corrected chi connectivity index (χ4v) is 2.45. The van der Waals surface area contributed by atoms with E-state index in [1.807, 2.05) is 0 Å².